The lowest BCUT2D eigenvalue weighted by atomic mass is 9.55. The van der Waals surface area contributed by atoms with Crippen LogP contribution in [0.1, 0.15) is 78.9 Å². The Labute approximate surface area is 149 Å². The Balaban J connectivity index is 1.77. The summed E-state index contributed by atoms with van der Waals surface area (Å²) in [7, 11) is 0. The van der Waals surface area contributed by atoms with E-state index in [2.05, 4.69) is 24.8 Å². The summed E-state index contributed by atoms with van der Waals surface area (Å²) < 4.78 is 0. The molecule has 0 radical (unpaired) electrons. The molecule has 2 fully saturated rings. The number of hydrogen-bond acceptors (Lipinski definition) is 2. The zero-order valence-corrected chi connectivity index (χ0v) is 15.0. The smallest absolute Gasteiger partial charge is 0.249 e. The highest BCUT2D eigenvalue weighted by atomic mass is 16.1. The van der Waals surface area contributed by atoms with Gasteiger partial charge in [-0.05, 0) is 80.0 Å². The molecule has 0 heterocycles. The van der Waals surface area contributed by atoms with Crippen molar-refractivity contribution < 1.29 is 9.59 Å². The minimum atomic E-state index is -0.403. The number of carbonyl (C=O) groups is 2. The standard InChI is InChI=1S/C22H25NO2/c1-3-4-13-11-17-14(12-18(13)21(23)25)5-6-16-15(17)9-10-22(2)19(16)7-8-20(22)24/h11-12,15-16,19H,5-10H2,1-2H3,(H2,23,25)/t15?,16?,19?,22-/m0/s1. The molecule has 3 aliphatic rings. The maximum Gasteiger partial charge on any atom is 0.249 e. The van der Waals surface area contributed by atoms with Crippen molar-refractivity contribution in [2.75, 3.05) is 0 Å². The van der Waals surface area contributed by atoms with Gasteiger partial charge < -0.3 is 5.73 Å². The first-order valence-electron chi connectivity index (χ1n) is 9.38. The van der Waals surface area contributed by atoms with Crippen LogP contribution in [0.4, 0.5) is 0 Å². The molecule has 0 bridgehead atoms. The average Bonchev–Trinajstić information content (AvgIpc) is 2.89. The second kappa shape index (κ2) is 5.73. The third kappa shape index (κ3) is 2.34. The molecule has 1 aromatic rings. The summed E-state index contributed by atoms with van der Waals surface area (Å²) in [5.41, 5.74) is 9.37. The number of Topliss-reactive ketones (excluding diaryl/α,β-unsaturated/α-hetero) is 1. The Hall–Kier alpha value is -2.08. The van der Waals surface area contributed by atoms with E-state index in [0.29, 0.717) is 29.1 Å². The number of hydrogen-bond donors (Lipinski definition) is 1. The summed E-state index contributed by atoms with van der Waals surface area (Å²) in [6.45, 7) is 3.98. The molecule has 3 unspecified atom stereocenters. The van der Waals surface area contributed by atoms with Crippen molar-refractivity contribution in [1.82, 2.24) is 0 Å². The minimum absolute atomic E-state index is 0.0993. The number of fused-ring (bicyclic) bond motifs is 5. The van der Waals surface area contributed by atoms with E-state index in [9.17, 15) is 9.59 Å². The lowest BCUT2D eigenvalue weighted by Gasteiger charge is -2.48. The van der Waals surface area contributed by atoms with Gasteiger partial charge in [0, 0.05) is 17.4 Å². The Morgan fingerprint density at radius 2 is 2.04 bits per heavy atom. The zero-order valence-electron chi connectivity index (χ0n) is 15.0. The van der Waals surface area contributed by atoms with Gasteiger partial charge in [0.15, 0.2) is 0 Å². The average molecular weight is 335 g/mol. The monoisotopic (exact) mass is 335 g/mol. The molecule has 1 aromatic carbocycles. The fourth-order valence-electron chi connectivity index (χ4n) is 5.83. The van der Waals surface area contributed by atoms with Gasteiger partial charge in [0.25, 0.3) is 0 Å². The summed E-state index contributed by atoms with van der Waals surface area (Å²) in [4.78, 5) is 24.2. The molecular formula is C22H25NO2. The van der Waals surface area contributed by atoms with E-state index >= 15 is 0 Å². The van der Waals surface area contributed by atoms with E-state index in [1.54, 1.807) is 6.92 Å². The summed E-state index contributed by atoms with van der Waals surface area (Å²) in [5, 5.41) is 0. The lowest BCUT2D eigenvalue weighted by molar-refractivity contribution is -0.129. The molecular weight excluding hydrogens is 310 g/mol. The predicted molar refractivity (Wildman–Crippen MR) is 97.1 cm³/mol. The van der Waals surface area contributed by atoms with Gasteiger partial charge in [-0.2, -0.15) is 0 Å². The highest BCUT2D eigenvalue weighted by Gasteiger charge is 2.54. The molecule has 0 aromatic heterocycles. The van der Waals surface area contributed by atoms with Crippen LogP contribution in [0, 0.1) is 29.1 Å². The van der Waals surface area contributed by atoms with Crippen molar-refractivity contribution in [3.8, 4) is 11.8 Å². The predicted octanol–water partition coefficient (Wildman–Crippen LogP) is 3.58. The second-order valence-corrected chi connectivity index (χ2v) is 8.17. The Kier molecular flexibility index (Phi) is 3.76. The fourth-order valence-corrected chi connectivity index (χ4v) is 5.83. The Morgan fingerprint density at radius 1 is 1.24 bits per heavy atom. The van der Waals surface area contributed by atoms with Gasteiger partial charge in [0.05, 0.1) is 5.56 Å². The van der Waals surface area contributed by atoms with Gasteiger partial charge in [-0.15, -0.1) is 5.92 Å². The molecule has 4 atom stereocenters. The molecule has 130 valence electrons. The van der Waals surface area contributed by atoms with Crippen LogP contribution in [0.15, 0.2) is 12.1 Å². The molecule has 2 saturated carbocycles. The Morgan fingerprint density at radius 3 is 2.76 bits per heavy atom. The van der Waals surface area contributed by atoms with Gasteiger partial charge in [0.2, 0.25) is 5.91 Å². The van der Waals surface area contributed by atoms with Crippen LogP contribution >= 0.6 is 0 Å². The molecule has 3 nitrogen and oxygen atoms in total. The molecule has 25 heavy (non-hydrogen) atoms. The molecule has 3 aliphatic carbocycles. The SMILES string of the molecule is CC#Cc1cc2c(cc1C(N)=O)CCC1C2CC[C@]2(C)C(=O)CCC12. The number of ketones is 1. The molecule has 3 heteroatoms. The van der Waals surface area contributed by atoms with Crippen LogP contribution in [0.2, 0.25) is 0 Å². The number of rotatable bonds is 1. The van der Waals surface area contributed by atoms with E-state index in [0.717, 1.165) is 44.1 Å². The fraction of sp³-hybridized carbons (Fsp3) is 0.545. The van der Waals surface area contributed by atoms with Crippen LogP contribution < -0.4 is 5.73 Å². The quantitative estimate of drug-likeness (QED) is 0.797. The number of carbonyl (C=O) groups excluding carboxylic acids is 2. The summed E-state index contributed by atoms with van der Waals surface area (Å²) in [5.74, 6) is 7.63. The van der Waals surface area contributed by atoms with E-state index in [4.69, 9.17) is 5.73 Å². The highest BCUT2D eigenvalue weighted by molar-refractivity contribution is 5.96. The van der Waals surface area contributed by atoms with Crippen LogP contribution in [-0.2, 0) is 11.2 Å². The normalized spacial score (nSPS) is 32.9. The molecule has 0 saturated heterocycles. The third-order valence-electron chi connectivity index (χ3n) is 7.10. The van der Waals surface area contributed by atoms with Crippen molar-refractivity contribution in [2.24, 2.45) is 23.0 Å². The summed E-state index contributed by atoms with van der Waals surface area (Å²) in [6.07, 6.45) is 5.94. The first-order chi connectivity index (χ1) is 12.0. The Bertz CT molecular complexity index is 828. The first-order valence-corrected chi connectivity index (χ1v) is 9.38. The van der Waals surface area contributed by atoms with Crippen LogP contribution in [0.5, 0.6) is 0 Å². The number of amides is 1. The number of benzene rings is 1. The van der Waals surface area contributed by atoms with Crippen molar-refractivity contribution in [3.05, 3.63) is 34.4 Å². The zero-order chi connectivity index (χ0) is 17.8. The van der Waals surface area contributed by atoms with Gasteiger partial charge in [-0.1, -0.05) is 12.8 Å². The topological polar surface area (TPSA) is 60.2 Å². The van der Waals surface area contributed by atoms with E-state index < -0.39 is 5.91 Å². The maximum atomic E-state index is 12.4. The highest BCUT2D eigenvalue weighted by Crippen LogP contribution is 2.59. The summed E-state index contributed by atoms with van der Waals surface area (Å²) in [6, 6.07) is 4.09. The van der Waals surface area contributed by atoms with Crippen LogP contribution in [0.3, 0.4) is 0 Å². The molecule has 0 aliphatic heterocycles. The maximum absolute atomic E-state index is 12.4. The first kappa shape index (κ1) is 16.4. The van der Waals surface area contributed by atoms with E-state index in [1.807, 2.05) is 6.07 Å². The van der Waals surface area contributed by atoms with Crippen molar-refractivity contribution in [2.45, 2.75) is 58.3 Å². The van der Waals surface area contributed by atoms with E-state index in [1.165, 1.54) is 11.1 Å². The van der Waals surface area contributed by atoms with Crippen molar-refractivity contribution >= 4 is 11.7 Å². The number of nitrogens with two attached hydrogens (primary N) is 1. The van der Waals surface area contributed by atoms with E-state index in [-0.39, 0.29) is 5.41 Å². The number of aryl methyl sites for hydroxylation is 1. The van der Waals surface area contributed by atoms with Gasteiger partial charge in [-0.3, -0.25) is 9.59 Å². The second-order valence-electron chi connectivity index (χ2n) is 8.17. The lowest BCUT2D eigenvalue weighted by Crippen LogP contribution is -2.42. The minimum Gasteiger partial charge on any atom is -0.366 e. The molecule has 0 spiro atoms. The largest absolute Gasteiger partial charge is 0.366 e. The number of primary amides is 1. The van der Waals surface area contributed by atoms with Gasteiger partial charge in [-0.25, -0.2) is 0 Å². The molecule has 1 amide bonds. The van der Waals surface area contributed by atoms with Gasteiger partial charge in [0.1, 0.15) is 5.78 Å². The van der Waals surface area contributed by atoms with Gasteiger partial charge >= 0.3 is 0 Å². The van der Waals surface area contributed by atoms with Crippen LogP contribution in [0.25, 0.3) is 0 Å². The molecule has 4 rings (SSSR count). The van der Waals surface area contributed by atoms with Crippen molar-refractivity contribution in [3.63, 3.8) is 0 Å². The summed E-state index contributed by atoms with van der Waals surface area (Å²) >= 11 is 0. The van der Waals surface area contributed by atoms with Crippen molar-refractivity contribution in [1.29, 1.82) is 0 Å². The third-order valence-corrected chi connectivity index (χ3v) is 7.10. The molecule has 2 N–H and O–H groups in total. The van der Waals surface area contributed by atoms with Crippen LogP contribution in [-0.4, -0.2) is 11.7 Å².